The van der Waals surface area contributed by atoms with Gasteiger partial charge in [-0.3, -0.25) is 9.59 Å². The van der Waals surface area contributed by atoms with Gasteiger partial charge in [-0.1, -0.05) is 54.2 Å². The Bertz CT molecular complexity index is 1650. The molecule has 13 heteroatoms. The van der Waals surface area contributed by atoms with E-state index in [9.17, 15) is 19.8 Å². The molecule has 2 heterocycles. The van der Waals surface area contributed by atoms with Crippen molar-refractivity contribution in [2.45, 2.75) is 55.3 Å². The lowest BCUT2D eigenvalue weighted by Gasteiger charge is -2.40. The predicted octanol–water partition coefficient (Wildman–Crippen LogP) is 3.89. The summed E-state index contributed by atoms with van der Waals surface area (Å²) in [6, 6.07) is 19.1. The number of thioether (sulfide) groups is 1. The number of aliphatic hydroxyl groups is 2. The van der Waals surface area contributed by atoms with Gasteiger partial charge in [-0.25, -0.2) is 0 Å². The lowest BCUT2D eigenvalue weighted by Crippen LogP contribution is -2.52. The number of aliphatic hydroxyl groups excluding tert-OH is 1. The lowest BCUT2D eigenvalue weighted by molar-refractivity contribution is -0.312. The van der Waals surface area contributed by atoms with Crippen LogP contribution in [0.1, 0.15) is 36.0 Å². The molecule has 0 unspecified atom stereocenters. The molecule has 0 bridgehead atoms. The minimum atomic E-state index is -2.22. The van der Waals surface area contributed by atoms with Crippen LogP contribution in [0.5, 0.6) is 23.0 Å². The van der Waals surface area contributed by atoms with Gasteiger partial charge >= 0.3 is 5.97 Å². The van der Waals surface area contributed by atoms with Gasteiger partial charge in [0.15, 0.2) is 16.3 Å². The minimum absolute atomic E-state index is 0.0147. The number of rotatable bonds is 11. The zero-order chi connectivity index (χ0) is 34.9. The summed E-state index contributed by atoms with van der Waals surface area (Å²) in [5, 5.41) is 25.2. The van der Waals surface area contributed by atoms with Gasteiger partial charge in [0, 0.05) is 37.8 Å². The summed E-state index contributed by atoms with van der Waals surface area (Å²) < 4.78 is 47.2. The fourth-order valence-corrected chi connectivity index (χ4v) is 7.98. The fraction of sp³-hybridized carbons (Fsp3) is 0.444. The molecule has 3 aromatic carbocycles. The number of methoxy groups -OCH3 is 4. The molecule has 262 valence electrons. The quantitative estimate of drug-likeness (QED) is 0.280. The van der Waals surface area contributed by atoms with E-state index in [4.69, 9.17) is 37.9 Å². The number of esters is 1. The molecule has 1 aliphatic carbocycles. The van der Waals surface area contributed by atoms with E-state index >= 15 is 0 Å². The maximum absolute atomic E-state index is 13.5. The topological polar surface area (TPSA) is 148 Å². The molecule has 2 fully saturated rings. The van der Waals surface area contributed by atoms with E-state index in [0.717, 1.165) is 0 Å². The van der Waals surface area contributed by atoms with Crippen molar-refractivity contribution in [3.63, 3.8) is 0 Å². The Hall–Kier alpha value is -3.85. The number of hydrogen-bond donors (Lipinski definition) is 2. The second kappa shape index (κ2) is 14.2. The van der Waals surface area contributed by atoms with Crippen LogP contribution in [0.2, 0.25) is 0 Å². The van der Waals surface area contributed by atoms with Gasteiger partial charge in [0.25, 0.3) is 6.29 Å². The molecule has 2 N–H and O–H groups in total. The molecule has 0 amide bonds. The van der Waals surface area contributed by atoms with E-state index in [1.807, 2.05) is 30.3 Å². The number of ether oxygens (including phenoxy) is 8. The van der Waals surface area contributed by atoms with Crippen LogP contribution < -0.4 is 18.9 Å². The third-order valence-corrected chi connectivity index (χ3v) is 10.3. The molecule has 1 saturated heterocycles. The SMILES string of the molecule is COC(=O)[C@H]1[C@@H](c2ccccc2)[C@@]2(c3ccc(OC)cc3)Oc3cc(O[C@@H]4O[C@@H](CCSC(C)=O)CO[C@H]4OC)cc(OC)c3[C@]2(O)[C@H]1O. The average molecular weight is 697 g/mol. The number of carbonyl (C=O) groups excluding carboxylic acids is 2. The third kappa shape index (κ3) is 5.92. The molecule has 0 radical (unpaired) electrons. The van der Waals surface area contributed by atoms with Gasteiger partial charge < -0.3 is 48.1 Å². The summed E-state index contributed by atoms with van der Waals surface area (Å²) in [7, 11) is 5.68. The van der Waals surface area contributed by atoms with Crippen molar-refractivity contribution in [2.75, 3.05) is 40.8 Å². The van der Waals surface area contributed by atoms with E-state index in [1.54, 1.807) is 43.5 Å². The summed E-state index contributed by atoms with van der Waals surface area (Å²) in [4.78, 5) is 24.9. The van der Waals surface area contributed by atoms with Crippen LogP contribution in [0.25, 0.3) is 0 Å². The van der Waals surface area contributed by atoms with Crippen LogP contribution in [0.4, 0.5) is 0 Å². The standard InChI is InChI=1S/C36H40O12S/c1-20(37)49-16-15-24-19-45-33(44-5)34(46-24)47-25-17-26(42-3)30-27(18-25)48-36(22-11-13-23(41-2)14-12-22)29(21-9-7-6-8-10-21)28(32(39)43-4)31(38)35(30,36)40/h6-14,17-18,24,28-29,31,33-34,38,40H,15-16,19H2,1-5H3/t24-,28-,29+,31-,33+,34-,35-,36+/m0/s1. The van der Waals surface area contributed by atoms with Crippen LogP contribution in [0.3, 0.4) is 0 Å². The van der Waals surface area contributed by atoms with Crippen molar-refractivity contribution in [1.29, 1.82) is 0 Å². The van der Waals surface area contributed by atoms with E-state index in [2.05, 4.69) is 0 Å². The Balaban J connectivity index is 1.46. The van der Waals surface area contributed by atoms with Gasteiger partial charge in [-0.2, -0.15) is 0 Å². The van der Waals surface area contributed by atoms with Gasteiger partial charge in [-0.05, 0) is 29.7 Å². The highest BCUT2D eigenvalue weighted by atomic mass is 32.2. The summed E-state index contributed by atoms with van der Waals surface area (Å²) in [6.45, 7) is 1.77. The Morgan fingerprint density at radius 1 is 0.959 bits per heavy atom. The molecule has 49 heavy (non-hydrogen) atoms. The molecule has 3 aliphatic rings. The van der Waals surface area contributed by atoms with Gasteiger partial charge in [-0.15, -0.1) is 0 Å². The first kappa shape index (κ1) is 35.0. The van der Waals surface area contributed by atoms with Crippen LogP contribution in [-0.4, -0.2) is 86.9 Å². The van der Waals surface area contributed by atoms with Crippen LogP contribution in [0, 0.1) is 5.92 Å². The predicted molar refractivity (Wildman–Crippen MR) is 177 cm³/mol. The molecule has 6 rings (SSSR count). The molecular formula is C36H40O12S. The van der Waals surface area contributed by atoms with Gasteiger partial charge in [0.1, 0.15) is 29.1 Å². The van der Waals surface area contributed by atoms with E-state index in [0.29, 0.717) is 29.1 Å². The molecular weight excluding hydrogens is 656 g/mol. The van der Waals surface area contributed by atoms with Crippen LogP contribution in [-0.2, 0) is 39.7 Å². The number of hydrogen-bond acceptors (Lipinski definition) is 13. The number of carbonyl (C=O) groups is 2. The number of fused-ring (bicyclic) bond motifs is 3. The Kier molecular flexibility index (Phi) is 10.1. The lowest BCUT2D eigenvalue weighted by atomic mass is 9.70. The van der Waals surface area contributed by atoms with Crippen molar-refractivity contribution < 1.29 is 57.7 Å². The zero-order valence-electron chi connectivity index (χ0n) is 27.8. The molecule has 2 aliphatic heterocycles. The Labute approximate surface area is 288 Å². The maximum Gasteiger partial charge on any atom is 0.312 e. The smallest absolute Gasteiger partial charge is 0.312 e. The maximum atomic E-state index is 13.5. The largest absolute Gasteiger partial charge is 0.497 e. The van der Waals surface area contributed by atoms with Crippen molar-refractivity contribution in [2.24, 2.45) is 5.92 Å². The minimum Gasteiger partial charge on any atom is -0.497 e. The highest BCUT2D eigenvalue weighted by Gasteiger charge is 2.78. The van der Waals surface area contributed by atoms with Crippen LogP contribution >= 0.6 is 11.8 Å². The van der Waals surface area contributed by atoms with Crippen molar-refractivity contribution in [3.8, 4) is 23.0 Å². The first-order valence-corrected chi connectivity index (χ1v) is 16.8. The Morgan fingerprint density at radius 2 is 1.69 bits per heavy atom. The molecule has 0 spiro atoms. The fourth-order valence-electron chi connectivity index (χ4n) is 7.31. The first-order chi connectivity index (χ1) is 23.6. The van der Waals surface area contributed by atoms with E-state index < -0.39 is 47.7 Å². The highest BCUT2D eigenvalue weighted by Crippen LogP contribution is 2.70. The normalized spacial score (nSPS) is 30.1. The molecule has 1 saturated carbocycles. The summed E-state index contributed by atoms with van der Waals surface area (Å²) >= 11 is 1.20. The summed E-state index contributed by atoms with van der Waals surface area (Å²) in [5.74, 6) is -1.21. The second-order valence-electron chi connectivity index (χ2n) is 12.0. The van der Waals surface area contributed by atoms with Gasteiger partial charge in [0.05, 0.1) is 45.5 Å². The summed E-state index contributed by atoms with van der Waals surface area (Å²) in [5.41, 5.74) is -2.73. The first-order valence-electron chi connectivity index (χ1n) is 15.8. The van der Waals surface area contributed by atoms with E-state index in [1.165, 1.54) is 40.0 Å². The average Bonchev–Trinajstić information content (AvgIpc) is 3.49. The molecule has 8 atom stereocenters. The summed E-state index contributed by atoms with van der Waals surface area (Å²) in [6.07, 6.45) is -3.37. The van der Waals surface area contributed by atoms with Crippen molar-refractivity contribution >= 4 is 22.8 Å². The van der Waals surface area contributed by atoms with E-state index in [-0.39, 0.29) is 40.6 Å². The number of benzene rings is 3. The Morgan fingerprint density at radius 3 is 2.33 bits per heavy atom. The zero-order valence-corrected chi connectivity index (χ0v) is 28.6. The third-order valence-electron chi connectivity index (χ3n) is 9.42. The molecule has 3 aromatic rings. The van der Waals surface area contributed by atoms with Crippen LogP contribution in [0.15, 0.2) is 66.7 Å². The monoisotopic (exact) mass is 696 g/mol. The molecule has 0 aromatic heterocycles. The highest BCUT2D eigenvalue weighted by molar-refractivity contribution is 8.13. The van der Waals surface area contributed by atoms with Crippen molar-refractivity contribution in [1.82, 2.24) is 0 Å². The second-order valence-corrected chi connectivity index (χ2v) is 13.3. The van der Waals surface area contributed by atoms with Crippen molar-refractivity contribution in [3.05, 3.63) is 83.4 Å². The van der Waals surface area contributed by atoms with Gasteiger partial charge in [0.2, 0.25) is 6.29 Å². The molecule has 12 nitrogen and oxygen atoms in total.